The summed E-state index contributed by atoms with van der Waals surface area (Å²) in [5.74, 6) is 0.854. The van der Waals surface area contributed by atoms with Crippen molar-refractivity contribution < 1.29 is 4.42 Å². The second kappa shape index (κ2) is 12.1. The average molecular weight is 590 g/mol. The zero-order valence-corrected chi connectivity index (χ0v) is 25.3. The van der Waals surface area contributed by atoms with Crippen molar-refractivity contribution in [2.45, 2.75) is 0 Å². The van der Waals surface area contributed by atoms with Crippen molar-refractivity contribution in [2.75, 3.05) is 4.90 Å². The van der Waals surface area contributed by atoms with Gasteiger partial charge in [0, 0.05) is 27.9 Å². The van der Waals surface area contributed by atoms with Crippen LogP contribution < -0.4 is 4.90 Å². The van der Waals surface area contributed by atoms with Crippen LogP contribution in [-0.2, 0) is 0 Å². The van der Waals surface area contributed by atoms with E-state index in [0.717, 1.165) is 44.9 Å². The molecule has 218 valence electrons. The topological polar surface area (TPSA) is 16.4 Å². The number of para-hydroxylation sites is 2. The van der Waals surface area contributed by atoms with E-state index in [1.54, 1.807) is 0 Å². The quantitative estimate of drug-likeness (QED) is 0.184. The SMILES string of the molecule is c1ccc(-c2ccccc2-c2ccc(N(c3cccc(-c4cc5ccccc5o4)c3)c3ccccc3-c3ccccc3)cc2)cc1. The van der Waals surface area contributed by atoms with Crippen molar-refractivity contribution in [3.8, 4) is 44.7 Å². The first-order valence-corrected chi connectivity index (χ1v) is 15.6. The molecule has 8 rings (SSSR count). The summed E-state index contributed by atoms with van der Waals surface area (Å²) in [7, 11) is 0. The average Bonchev–Trinajstić information content (AvgIpc) is 3.58. The van der Waals surface area contributed by atoms with Crippen molar-refractivity contribution >= 4 is 28.0 Å². The smallest absolute Gasteiger partial charge is 0.135 e. The molecule has 0 N–H and O–H groups in total. The summed E-state index contributed by atoms with van der Waals surface area (Å²) in [4.78, 5) is 2.35. The maximum Gasteiger partial charge on any atom is 0.135 e. The van der Waals surface area contributed by atoms with Crippen molar-refractivity contribution in [2.24, 2.45) is 0 Å². The molecule has 0 bridgehead atoms. The number of nitrogens with zero attached hydrogens (tertiary/aromatic N) is 1. The highest BCUT2D eigenvalue weighted by molar-refractivity contribution is 5.91. The second-order valence-electron chi connectivity index (χ2n) is 11.4. The summed E-state index contributed by atoms with van der Waals surface area (Å²) in [6.07, 6.45) is 0. The molecule has 0 radical (unpaired) electrons. The monoisotopic (exact) mass is 589 g/mol. The Kier molecular flexibility index (Phi) is 7.22. The first-order chi connectivity index (χ1) is 22.8. The third-order valence-corrected chi connectivity index (χ3v) is 8.49. The number of furan rings is 1. The largest absolute Gasteiger partial charge is 0.456 e. The summed E-state index contributed by atoms with van der Waals surface area (Å²) >= 11 is 0. The van der Waals surface area contributed by atoms with Gasteiger partial charge in [-0.25, -0.2) is 0 Å². The van der Waals surface area contributed by atoms with E-state index in [-0.39, 0.29) is 0 Å². The second-order valence-corrected chi connectivity index (χ2v) is 11.4. The Labute approximate surface area is 269 Å². The van der Waals surface area contributed by atoms with Gasteiger partial charge in [-0.2, -0.15) is 0 Å². The van der Waals surface area contributed by atoms with Crippen LogP contribution >= 0.6 is 0 Å². The molecule has 8 aromatic rings. The van der Waals surface area contributed by atoms with E-state index in [4.69, 9.17) is 4.42 Å². The standard InChI is InChI=1S/C44H31NO/c1-3-14-32(15-4-1)39-21-8-9-22-40(39)34-26-28-37(29-27-34)45(42-24-11-10-23-41(42)33-16-5-2-6-17-33)38-20-13-19-35(30-38)44-31-36-18-7-12-25-43(36)46-44/h1-31H. The molecule has 0 saturated heterocycles. The Morgan fingerprint density at radius 1 is 0.348 bits per heavy atom. The molecule has 0 fully saturated rings. The number of hydrogen-bond donors (Lipinski definition) is 0. The zero-order chi connectivity index (χ0) is 30.7. The van der Waals surface area contributed by atoms with Gasteiger partial charge in [0.25, 0.3) is 0 Å². The highest BCUT2D eigenvalue weighted by Gasteiger charge is 2.19. The molecule has 0 aliphatic rings. The van der Waals surface area contributed by atoms with E-state index in [2.05, 4.69) is 175 Å². The number of benzene rings is 7. The third kappa shape index (κ3) is 5.27. The van der Waals surface area contributed by atoms with E-state index in [1.165, 1.54) is 27.8 Å². The lowest BCUT2D eigenvalue weighted by Gasteiger charge is -2.28. The fraction of sp³-hybridized carbons (Fsp3) is 0. The first kappa shape index (κ1) is 27.4. The molecule has 2 nitrogen and oxygen atoms in total. The van der Waals surface area contributed by atoms with Gasteiger partial charge in [0.1, 0.15) is 11.3 Å². The van der Waals surface area contributed by atoms with Crippen LogP contribution in [0.5, 0.6) is 0 Å². The Morgan fingerprint density at radius 3 is 1.59 bits per heavy atom. The normalized spacial score (nSPS) is 11.0. The lowest BCUT2D eigenvalue weighted by atomic mass is 9.94. The van der Waals surface area contributed by atoms with Crippen LogP contribution in [0.4, 0.5) is 17.1 Å². The highest BCUT2D eigenvalue weighted by atomic mass is 16.3. The minimum atomic E-state index is 0.854. The van der Waals surface area contributed by atoms with Gasteiger partial charge in [0.15, 0.2) is 0 Å². The number of anilines is 3. The predicted octanol–water partition coefficient (Wildman–Crippen LogP) is 12.6. The summed E-state index contributed by atoms with van der Waals surface area (Å²) in [6, 6.07) is 66.3. The molecule has 7 aromatic carbocycles. The van der Waals surface area contributed by atoms with Crippen molar-refractivity contribution in [1.29, 1.82) is 0 Å². The molecule has 1 aromatic heterocycles. The van der Waals surface area contributed by atoms with Crippen LogP contribution in [-0.4, -0.2) is 0 Å². The summed E-state index contributed by atoms with van der Waals surface area (Å²) in [5, 5.41) is 1.10. The van der Waals surface area contributed by atoms with Gasteiger partial charge in [0.05, 0.1) is 5.69 Å². The van der Waals surface area contributed by atoms with Crippen LogP contribution in [0.15, 0.2) is 192 Å². The molecule has 0 unspecified atom stereocenters. The molecular weight excluding hydrogens is 558 g/mol. The van der Waals surface area contributed by atoms with Crippen LogP contribution in [0.25, 0.3) is 55.7 Å². The van der Waals surface area contributed by atoms with Gasteiger partial charge in [-0.3, -0.25) is 0 Å². The van der Waals surface area contributed by atoms with Gasteiger partial charge < -0.3 is 9.32 Å². The summed E-state index contributed by atoms with van der Waals surface area (Å²) < 4.78 is 6.29. The van der Waals surface area contributed by atoms with Crippen molar-refractivity contribution in [1.82, 2.24) is 0 Å². The summed E-state index contributed by atoms with van der Waals surface area (Å²) in [5.41, 5.74) is 12.3. The molecule has 0 atom stereocenters. The Hall–Kier alpha value is -6.12. The van der Waals surface area contributed by atoms with E-state index in [9.17, 15) is 0 Å². The Balaban J connectivity index is 1.26. The number of rotatable bonds is 7. The van der Waals surface area contributed by atoms with E-state index in [1.807, 2.05) is 18.2 Å². The molecule has 0 aliphatic carbocycles. The maximum absolute atomic E-state index is 6.29. The Morgan fingerprint density at radius 2 is 0.891 bits per heavy atom. The number of hydrogen-bond acceptors (Lipinski definition) is 2. The third-order valence-electron chi connectivity index (χ3n) is 8.49. The van der Waals surface area contributed by atoms with Crippen LogP contribution in [0.2, 0.25) is 0 Å². The molecule has 0 aliphatic heterocycles. The van der Waals surface area contributed by atoms with Gasteiger partial charge in [-0.15, -0.1) is 0 Å². The first-order valence-electron chi connectivity index (χ1n) is 15.6. The lowest BCUT2D eigenvalue weighted by Crippen LogP contribution is -2.11. The van der Waals surface area contributed by atoms with E-state index in [0.29, 0.717) is 0 Å². The zero-order valence-electron chi connectivity index (χ0n) is 25.3. The van der Waals surface area contributed by atoms with Gasteiger partial charge in [0.2, 0.25) is 0 Å². The van der Waals surface area contributed by atoms with E-state index < -0.39 is 0 Å². The predicted molar refractivity (Wildman–Crippen MR) is 193 cm³/mol. The van der Waals surface area contributed by atoms with Crippen molar-refractivity contribution in [3.05, 3.63) is 188 Å². The molecule has 0 spiro atoms. The fourth-order valence-corrected chi connectivity index (χ4v) is 6.27. The van der Waals surface area contributed by atoms with E-state index >= 15 is 0 Å². The molecule has 0 amide bonds. The maximum atomic E-state index is 6.29. The molecule has 2 heteroatoms. The fourth-order valence-electron chi connectivity index (χ4n) is 6.27. The minimum Gasteiger partial charge on any atom is -0.456 e. The summed E-state index contributed by atoms with van der Waals surface area (Å²) in [6.45, 7) is 0. The van der Waals surface area contributed by atoms with Crippen molar-refractivity contribution in [3.63, 3.8) is 0 Å². The molecule has 0 saturated carbocycles. The highest BCUT2D eigenvalue weighted by Crippen LogP contribution is 2.43. The molecular formula is C44H31NO. The van der Waals surface area contributed by atoms with Gasteiger partial charge in [-0.05, 0) is 70.3 Å². The molecule has 1 heterocycles. The Bertz CT molecular complexity index is 2220. The van der Waals surface area contributed by atoms with Crippen LogP contribution in [0, 0.1) is 0 Å². The van der Waals surface area contributed by atoms with Gasteiger partial charge >= 0.3 is 0 Å². The van der Waals surface area contributed by atoms with Crippen LogP contribution in [0.3, 0.4) is 0 Å². The lowest BCUT2D eigenvalue weighted by molar-refractivity contribution is 0.631. The van der Waals surface area contributed by atoms with Crippen LogP contribution in [0.1, 0.15) is 0 Å². The van der Waals surface area contributed by atoms with Gasteiger partial charge in [-0.1, -0.05) is 146 Å². The number of fused-ring (bicyclic) bond motifs is 1. The molecule has 46 heavy (non-hydrogen) atoms. The minimum absolute atomic E-state index is 0.854.